The number of carbonyl (C=O) groups is 1. The fourth-order valence-electron chi connectivity index (χ4n) is 3.50. The summed E-state index contributed by atoms with van der Waals surface area (Å²) in [5.41, 5.74) is 6.75. The molecule has 2 aliphatic rings. The second-order valence-electron chi connectivity index (χ2n) is 6.56. The van der Waals surface area contributed by atoms with Crippen molar-refractivity contribution in [2.45, 2.75) is 43.9 Å². The van der Waals surface area contributed by atoms with Crippen molar-refractivity contribution in [3.63, 3.8) is 0 Å². The van der Waals surface area contributed by atoms with Crippen molar-refractivity contribution >= 4 is 36.4 Å². The van der Waals surface area contributed by atoms with E-state index in [1.165, 1.54) is 0 Å². The van der Waals surface area contributed by atoms with Crippen LogP contribution in [-0.4, -0.2) is 50.9 Å². The maximum atomic E-state index is 12.4. The normalized spacial score (nSPS) is 25.0. The van der Waals surface area contributed by atoms with E-state index in [0.29, 0.717) is 6.54 Å². The molecule has 1 aromatic carbocycles. The zero-order valence-corrected chi connectivity index (χ0v) is 16.7. The van der Waals surface area contributed by atoms with Gasteiger partial charge in [-0.25, -0.2) is 0 Å². The van der Waals surface area contributed by atoms with Gasteiger partial charge >= 0.3 is 0 Å². The number of rotatable bonds is 5. The molecule has 2 saturated heterocycles. The molecule has 3 N–H and O–H groups in total. The zero-order chi connectivity index (χ0) is 16.9. The number of halogens is 2. The van der Waals surface area contributed by atoms with Gasteiger partial charge in [0.05, 0.1) is 13.2 Å². The van der Waals surface area contributed by atoms with Gasteiger partial charge in [-0.3, -0.25) is 4.79 Å². The molecule has 2 aliphatic heterocycles. The SMILES string of the molecule is COc1cccc(N2CCCC(NC(=O)[C@@H]3CC[C@H](CN)O3)C2)c1.Cl.Cl. The number of nitrogens with zero attached hydrogens (tertiary/aromatic N) is 1. The van der Waals surface area contributed by atoms with Gasteiger partial charge in [0.15, 0.2) is 0 Å². The van der Waals surface area contributed by atoms with Gasteiger partial charge in [-0.1, -0.05) is 6.07 Å². The first kappa shape index (κ1) is 22.8. The Kier molecular flexibility index (Phi) is 9.50. The van der Waals surface area contributed by atoms with Crippen LogP contribution in [0.1, 0.15) is 25.7 Å². The summed E-state index contributed by atoms with van der Waals surface area (Å²) in [6, 6.07) is 8.21. The van der Waals surface area contributed by atoms with Crippen molar-refractivity contribution in [1.82, 2.24) is 5.32 Å². The molecule has 0 spiro atoms. The van der Waals surface area contributed by atoms with Gasteiger partial charge < -0.3 is 25.4 Å². The molecule has 0 aliphatic carbocycles. The second kappa shape index (κ2) is 10.8. The Morgan fingerprint density at radius 1 is 1.35 bits per heavy atom. The highest BCUT2D eigenvalue weighted by atomic mass is 35.5. The van der Waals surface area contributed by atoms with E-state index in [-0.39, 0.29) is 49.0 Å². The lowest BCUT2D eigenvalue weighted by Crippen LogP contribution is -2.50. The van der Waals surface area contributed by atoms with E-state index in [2.05, 4.69) is 16.3 Å². The quantitative estimate of drug-likeness (QED) is 0.784. The predicted molar refractivity (Wildman–Crippen MR) is 108 cm³/mol. The van der Waals surface area contributed by atoms with Crippen LogP contribution in [0.5, 0.6) is 5.75 Å². The number of nitrogens with one attached hydrogen (secondary N) is 1. The maximum Gasteiger partial charge on any atom is 0.249 e. The van der Waals surface area contributed by atoms with Crippen molar-refractivity contribution in [2.75, 3.05) is 31.6 Å². The van der Waals surface area contributed by atoms with Gasteiger partial charge in [-0.2, -0.15) is 0 Å². The number of hydrogen-bond donors (Lipinski definition) is 2. The number of benzene rings is 1. The Bertz CT molecular complexity index is 576. The lowest BCUT2D eigenvalue weighted by molar-refractivity contribution is -0.132. The van der Waals surface area contributed by atoms with Crippen LogP contribution in [0.15, 0.2) is 24.3 Å². The summed E-state index contributed by atoms with van der Waals surface area (Å²) in [7, 11) is 1.68. The van der Waals surface area contributed by atoms with E-state index >= 15 is 0 Å². The summed E-state index contributed by atoms with van der Waals surface area (Å²) in [6.07, 6.45) is 3.37. The number of anilines is 1. The average Bonchev–Trinajstić information content (AvgIpc) is 3.11. The molecule has 1 amide bonds. The van der Waals surface area contributed by atoms with Crippen LogP contribution in [0.25, 0.3) is 0 Å². The lowest BCUT2D eigenvalue weighted by atomic mass is 10.0. The molecule has 2 heterocycles. The predicted octanol–water partition coefficient (Wildman–Crippen LogP) is 2.13. The lowest BCUT2D eigenvalue weighted by Gasteiger charge is -2.35. The average molecular weight is 406 g/mol. The van der Waals surface area contributed by atoms with Gasteiger partial charge in [0.2, 0.25) is 5.91 Å². The number of methoxy groups -OCH3 is 1. The van der Waals surface area contributed by atoms with Crippen LogP contribution in [0.4, 0.5) is 5.69 Å². The summed E-state index contributed by atoms with van der Waals surface area (Å²) < 4.78 is 11.0. The van der Waals surface area contributed by atoms with Gasteiger partial charge in [0, 0.05) is 37.4 Å². The second-order valence-corrected chi connectivity index (χ2v) is 6.56. The smallest absolute Gasteiger partial charge is 0.249 e. The molecule has 8 heteroatoms. The Morgan fingerprint density at radius 2 is 2.15 bits per heavy atom. The maximum absolute atomic E-state index is 12.4. The highest BCUT2D eigenvalue weighted by Gasteiger charge is 2.32. The monoisotopic (exact) mass is 405 g/mol. The highest BCUT2D eigenvalue weighted by Crippen LogP contribution is 2.25. The van der Waals surface area contributed by atoms with Crippen molar-refractivity contribution in [3.8, 4) is 5.75 Å². The summed E-state index contributed by atoms with van der Waals surface area (Å²) >= 11 is 0. The van der Waals surface area contributed by atoms with Crippen LogP contribution in [0.2, 0.25) is 0 Å². The molecule has 2 fully saturated rings. The first-order valence-electron chi connectivity index (χ1n) is 8.74. The van der Waals surface area contributed by atoms with Crippen LogP contribution in [0.3, 0.4) is 0 Å². The number of carbonyl (C=O) groups excluding carboxylic acids is 1. The number of amides is 1. The molecule has 148 valence electrons. The summed E-state index contributed by atoms with van der Waals surface area (Å²) in [4.78, 5) is 14.7. The number of nitrogens with two attached hydrogens (primary N) is 1. The van der Waals surface area contributed by atoms with Crippen molar-refractivity contribution in [2.24, 2.45) is 5.73 Å². The van der Waals surface area contributed by atoms with Crippen molar-refractivity contribution in [3.05, 3.63) is 24.3 Å². The summed E-state index contributed by atoms with van der Waals surface area (Å²) in [5, 5.41) is 3.16. The largest absolute Gasteiger partial charge is 0.497 e. The molecule has 0 bridgehead atoms. The minimum atomic E-state index is -0.342. The minimum absolute atomic E-state index is 0. The van der Waals surface area contributed by atoms with E-state index in [0.717, 1.165) is 50.2 Å². The van der Waals surface area contributed by atoms with Crippen LogP contribution < -0.4 is 20.7 Å². The minimum Gasteiger partial charge on any atom is -0.497 e. The topological polar surface area (TPSA) is 76.8 Å². The molecular formula is C18H29Cl2N3O3. The molecule has 0 radical (unpaired) electrons. The summed E-state index contributed by atoms with van der Waals surface area (Å²) in [5.74, 6) is 0.856. The van der Waals surface area contributed by atoms with Gasteiger partial charge in [0.1, 0.15) is 11.9 Å². The molecule has 0 saturated carbocycles. The molecule has 1 aromatic rings. The first-order chi connectivity index (χ1) is 11.7. The Hall–Kier alpha value is -1.21. The van der Waals surface area contributed by atoms with Crippen molar-refractivity contribution in [1.29, 1.82) is 0 Å². The molecule has 0 aromatic heterocycles. The first-order valence-corrected chi connectivity index (χ1v) is 8.74. The Morgan fingerprint density at radius 3 is 2.85 bits per heavy atom. The van der Waals surface area contributed by atoms with E-state index in [9.17, 15) is 4.79 Å². The Labute approximate surface area is 167 Å². The van der Waals surface area contributed by atoms with E-state index in [1.807, 2.05) is 18.2 Å². The third-order valence-electron chi connectivity index (χ3n) is 4.85. The number of ether oxygens (including phenoxy) is 2. The van der Waals surface area contributed by atoms with Crippen LogP contribution >= 0.6 is 24.8 Å². The Balaban J connectivity index is 0.00000169. The zero-order valence-electron chi connectivity index (χ0n) is 15.1. The van der Waals surface area contributed by atoms with Gasteiger partial charge in [-0.15, -0.1) is 24.8 Å². The summed E-state index contributed by atoms with van der Waals surface area (Å²) in [6.45, 7) is 2.29. The molecule has 1 unspecified atom stereocenters. The highest BCUT2D eigenvalue weighted by molar-refractivity contribution is 5.85. The molecule has 6 nitrogen and oxygen atoms in total. The van der Waals surface area contributed by atoms with E-state index in [4.69, 9.17) is 15.2 Å². The third-order valence-corrected chi connectivity index (χ3v) is 4.85. The van der Waals surface area contributed by atoms with Gasteiger partial charge in [0.25, 0.3) is 0 Å². The van der Waals surface area contributed by atoms with Crippen LogP contribution in [0, 0.1) is 0 Å². The van der Waals surface area contributed by atoms with Crippen LogP contribution in [-0.2, 0) is 9.53 Å². The number of piperidine rings is 1. The molecule has 3 atom stereocenters. The number of hydrogen-bond acceptors (Lipinski definition) is 5. The van der Waals surface area contributed by atoms with E-state index < -0.39 is 0 Å². The standard InChI is InChI=1S/C18H27N3O3.2ClH/c1-23-15-6-2-5-14(10-15)21-9-3-4-13(12-21)20-18(22)17-8-7-16(11-19)24-17;;/h2,5-6,10,13,16-17H,3-4,7-9,11-12,19H2,1H3,(H,20,22);2*1H/t13?,16-,17+;;/m1../s1. The molecule has 3 rings (SSSR count). The van der Waals surface area contributed by atoms with E-state index in [1.54, 1.807) is 7.11 Å². The fourth-order valence-corrected chi connectivity index (χ4v) is 3.50. The molecule has 26 heavy (non-hydrogen) atoms. The van der Waals surface area contributed by atoms with Crippen molar-refractivity contribution < 1.29 is 14.3 Å². The van der Waals surface area contributed by atoms with Gasteiger partial charge in [-0.05, 0) is 37.8 Å². The third kappa shape index (κ3) is 5.64. The fraction of sp³-hybridized carbons (Fsp3) is 0.611. The molecular weight excluding hydrogens is 377 g/mol.